The molecular formula is C27H33N3O2S. The minimum Gasteiger partial charge on any atom is -0.377 e. The molecule has 1 aromatic heterocycles. The van der Waals surface area contributed by atoms with Gasteiger partial charge in [-0.15, -0.1) is 11.3 Å². The molecule has 0 aliphatic carbocycles. The minimum absolute atomic E-state index is 0.0367. The number of thiophene rings is 1. The molecule has 0 aliphatic rings. The number of carbonyl (C=O) groups excluding carboxylic acids is 2. The summed E-state index contributed by atoms with van der Waals surface area (Å²) in [5, 5.41) is 4.88. The van der Waals surface area contributed by atoms with E-state index in [-0.39, 0.29) is 23.8 Å². The second kappa shape index (κ2) is 11.1. The van der Waals surface area contributed by atoms with Crippen molar-refractivity contribution in [1.82, 2.24) is 4.90 Å². The molecule has 1 unspecified atom stereocenters. The zero-order valence-corrected chi connectivity index (χ0v) is 20.9. The van der Waals surface area contributed by atoms with Gasteiger partial charge in [0.25, 0.3) is 5.91 Å². The van der Waals surface area contributed by atoms with Crippen LogP contribution in [-0.2, 0) is 11.3 Å². The lowest BCUT2D eigenvalue weighted by Crippen LogP contribution is -2.39. The number of amides is 2. The standard InChI is InChI=1S/C27H33N3O2S/c1-6-23(20-11-8-7-9-12-20)27(32)30(19(2)3)18-21-17-22(14-15-24(21)29(4)5)28-26(31)25-13-10-16-33-25/h7-17,19,23H,6,18H2,1-5H3,(H,28,31). The summed E-state index contributed by atoms with van der Waals surface area (Å²) in [6, 6.07) is 19.6. The van der Waals surface area contributed by atoms with Crippen LogP contribution in [0.15, 0.2) is 66.0 Å². The Bertz CT molecular complexity index is 1060. The van der Waals surface area contributed by atoms with E-state index in [0.29, 0.717) is 11.4 Å². The van der Waals surface area contributed by atoms with Crippen molar-refractivity contribution in [3.63, 3.8) is 0 Å². The Morgan fingerprint density at radius 2 is 1.73 bits per heavy atom. The summed E-state index contributed by atoms with van der Waals surface area (Å²) >= 11 is 1.41. The molecule has 174 valence electrons. The summed E-state index contributed by atoms with van der Waals surface area (Å²) in [6.45, 7) is 6.62. The lowest BCUT2D eigenvalue weighted by Gasteiger charge is -2.32. The Morgan fingerprint density at radius 1 is 1.00 bits per heavy atom. The van der Waals surface area contributed by atoms with Crippen LogP contribution in [-0.4, -0.2) is 36.9 Å². The molecule has 0 saturated heterocycles. The number of nitrogens with one attached hydrogen (secondary N) is 1. The zero-order valence-electron chi connectivity index (χ0n) is 20.0. The number of benzene rings is 2. The average Bonchev–Trinajstić information content (AvgIpc) is 3.33. The van der Waals surface area contributed by atoms with Gasteiger partial charge < -0.3 is 15.1 Å². The highest BCUT2D eigenvalue weighted by molar-refractivity contribution is 7.12. The highest BCUT2D eigenvalue weighted by Crippen LogP contribution is 2.29. The summed E-state index contributed by atoms with van der Waals surface area (Å²) in [6.07, 6.45) is 0.740. The van der Waals surface area contributed by atoms with Gasteiger partial charge in [-0.1, -0.05) is 43.3 Å². The van der Waals surface area contributed by atoms with E-state index >= 15 is 0 Å². The van der Waals surface area contributed by atoms with Gasteiger partial charge in [-0.3, -0.25) is 9.59 Å². The van der Waals surface area contributed by atoms with E-state index in [1.807, 2.05) is 104 Å². The molecule has 0 saturated carbocycles. The molecule has 0 bridgehead atoms. The predicted octanol–water partition coefficient (Wildman–Crippen LogP) is 6.00. The molecule has 0 radical (unpaired) electrons. The maximum Gasteiger partial charge on any atom is 0.265 e. The van der Waals surface area contributed by atoms with Crippen LogP contribution in [0.1, 0.15) is 53.9 Å². The monoisotopic (exact) mass is 463 g/mol. The van der Waals surface area contributed by atoms with E-state index in [1.165, 1.54) is 11.3 Å². The van der Waals surface area contributed by atoms with Crippen LogP contribution >= 0.6 is 11.3 Å². The van der Waals surface area contributed by atoms with Crippen LogP contribution < -0.4 is 10.2 Å². The first kappa shape index (κ1) is 24.5. The van der Waals surface area contributed by atoms with Gasteiger partial charge in [-0.2, -0.15) is 0 Å². The molecule has 0 fully saturated rings. The SMILES string of the molecule is CCC(C(=O)N(Cc1cc(NC(=O)c2cccs2)ccc1N(C)C)C(C)C)c1ccccc1. The number of anilines is 2. The second-order valence-corrected chi connectivity index (χ2v) is 9.55. The molecule has 0 aliphatic heterocycles. The average molecular weight is 464 g/mol. The van der Waals surface area contributed by atoms with Gasteiger partial charge in [0.2, 0.25) is 5.91 Å². The first-order valence-corrected chi connectivity index (χ1v) is 12.2. The topological polar surface area (TPSA) is 52.7 Å². The molecule has 2 amide bonds. The van der Waals surface area contributed by atoms with Crippen molar-refractivity contribution in [3.8, 4) is 0 Å². The molecule has 1 heterocycles. The first-order valence-electron chi connectivity index (χ1n) is 11.3. The van der Waals surface area contributed by atoms with Crippen molar-refractivity contribution < 1.29 is 9.59 Å². The molecular weight excluding hydrogens is 430 g/mol. The third kappa shape index (κ3) is 6.02. The zero-order chi connectivity index (χ0) is 24.0. The lowest BCUT2D eigenvalue weighted by atomic mass is 9.94. The van der Waals surface area contributed by atoms with Gasteiger partial charge in [-0.05, 0) is 61.0 Å². The van der Waals surface area contributed by atoms with Crippen molar-refractivity contribution in [3.05, 3.63) is 82.0 Å². The molecule has 5 nitrogen and oxygen atoms in total. The Hall–Kier alpha value is -3.12. The fraction of sp³-hybridized carbons (Fsp3) is 0.333. The van der Waals surface area contributed by atoms with Crippen molar-refractivity contribution in [1.29, 1.82) is 0 Å². The Kier molecular flexibility index (Phi) is 8.28. The fourth-order valence-electron chi connectivity index (χ4n) is 3.96. The van der Waals surface area contributed by atoms with E-state index in [9.17, 15) is 9.59 Å². The molecule has 2 aromatic carbocycles. The highest BCUT2D eigenvalue weighted by Gasteiger charge is 2.27. The van der Waals surface area contributed by atoms with Gasteiger partial charge in [0.05, 0.1) is 10.8 Å². The normalized spacial score (nSPS) is 11.8. The summed E-state index contributed by atoms with van der Waals surface area (Å²) in [7, 11) is 3.98. The van der Waals surface area contributed by atoms with Crippen molar-refractivity contribution in [2.75, 3.05) is 24.3 Å². The number of nitrogens with zero attached hydrogens (tertiary/aromatic N) is 2. The lowest BCUT2D eigenvalue weighted by molar-refractivity contribution is -0.135. The van der Waals surface area contributed by atoms with E-state index < -0.39 is 0 Å². The number of rotatable bonds is 9. The van der Waals surface area contributed by atoms with Gasteiger partial charge in [0.1, 0.15) is 0 Å². The number of carbonyl (C=O) groups is 2. The van der Waals surface area contributed by atoms with E-state index in [4.69, 9.17) is 0 Å². The quantitative estimate of drug-likeness (QED) is 0.424. The molecule has 0 spiro atoms. The predicted molar refractivity (Wildman–Crippen MR) is 138 cm³/mol. The van der Waals surface area contributed by atoms with Crippen LogP contribution in [0.2, 0.25) is 0 Å². The Balaban J connectivity index is 1.90. The van der Waals surface area contributed by atoms with Crippen LogP contribution in [0.4, 0.5) is 11.4 Å². The molecule has 3 aromatic rings. The molecule has 1 atom stereocenters. The van der Waals surface area contributed by atoms with Crippen molar-refractivity contribution >= 4 is 34.5 Å². The fourth-order valence-corrected chi connectivity index (χ4v) is 4.58. The van der Waals surface area contributed by atoms with Gasteiger partial charge in [0.15, 0.2) is 0 Å². The van der Waals surface area contributed by atoms with Gasteiger partial charge >= 0.3 is 0 Å². The third-order valence-corrected chi connectivity index (χ3v) is 6.59. The largest absolute Gasteiger partial charge is 0.377 e. The number of hydrogen-bond acceptors (Lipinski definition) is 4. The van der Waals surface area contributed by atoms with Crippen molar-refractivity contribution in [2.45, 2.75) is 45.7 Å². The van der Waals surface area contributed by atoms with Gasteiger partial charge in [-0.25, -0.2) is 0 Å². The van der Waals surface area contributed by atoms with Crippen LogP contribution in [0.3, 0.4) is 0 Å². The summed E-state index contributed by atoms with van der Waals surface area (Å²) in [5.74, 6) is -0.185. The minimum atomic E-state index is -0.182. The van der Waals surface area contributed by atoms with Crippen LogP contribution in [0.25, 0.3) is 0 Å². The third-order valence-electron chi connectivity index (χ3n) is 5.72. The number of hydrogen-bond donors (Lipinski definition) is 1. The maximum absolute atomic E-state index is 13.7. The highest BCUT2D eigenvalue weighted by atomic mass is 32.1. The van der Waals surface area contributed by atoms with Gasteiger partial charge in [0, 0.05) is 38.1 Å². The first-order chi connectivity index (χ1) is 15.8. The van der Waals surface area contributed by atoms with E-state index in [0.717, 1.165) is 28.9 Å². The molecule has 3 rings (SSSR count). The Morgan fingerprint density at radius 3 is 2.30 bits per heavy atom. The van der Waals surface area contributed by atoms with E-state index in [2.05, 4.69) is 12.2 Å². The van der Waals surface area contributed by atoms with Crippen molar-refractivity contribution in [2.24, 2.45) is 0 Å². The van der Waals surface area contributed by atoms with E-state index in [1.54, 1.807) is 0 Å². The molecule has 6 heteroatoms. The van der Waals surface area contributed by atoms with Crippen LogP contribution in [0.5, 0.6) is 0 Å². The Labute approximate surface area is 201 Å². The smallest absolute Gasteiger partial charge is 0.265 e. The summed E-state index contributed by atoms with van der Waals surface area (Å²) in [4.78, 5) is 30.9. The second-order valence-electron chi connectivity index (χ2n) is 8.60. The van der Waals surface area contributed by atoms with Crippen LogP contribution in [0, 0.1) is 0 Å². The molecule has 1 N–H and O–H groups in total. The summed E-state index contributed by atoms with van der Waals surface area (Å²) in [5.41, 5.74) is 3.78. The summed E-state index contributed by atoms with van der Waals surface area (Å²) < 4.78 is 0. The molecule has 33 heavy (non-hydrogen) atoms. The maximum atomic E-state index is 13.7.